The van der Waals surface area contributed by atoms with Gasteiger partial charge in [-0.1, -0.05) is 107 Å². The van der Waals surface area contributed by atoms with Crippen LogP contribution in [0.3, 0.4) is 0 Å². The molecule has 0 spiro atoms. The Bertz CT molecular complexity index is 1070. The minimum Gasteiger partial charge on any atom is -0.491 e. The first-order valence-corrected chi connectivity index (χ1v) is 11.4. The quantitative estimate of drug-likeness (QED) is 0.282. The summed E-state index contributed by atoms with van der Waals surface area (Å²) < 4.78 is 6.80. The standard InChI is InChI=1S/C28H24BrNO3/c29-24-16-18-25(19-17-24)33-20-26(27(31)32)30-28(21-10-4-1-5-11-21,22-12-6-2-7-13-22)23-14-8-3-9-15-23/h1-19,26,30H,20H2,(H,31,32)/t26-/m0/s1. The van der Waals surface area contributed by atoms with E-state index in [0.717, 1.165) is 21.2 Å². The number of halogens is 1. The Morgan fingerprint density at radius 1 is 0.758 bits per heavy atom. The molecule has 0 radical (unpaired) electrons. The highest BCUT2D eigenvalue weighted by molar-refractivity contribution is 9.10. The number of carbonyl (C=O) groups is 1. The fourth-order valence-corrected chi connectivity index (χ4v) is 4.23. The van der Waals surface area contributed by atoms with E-state index in [2.05, 4.69) is 21.2 Å². The van der Waals surface area contributed by atoms with Crippen molar-refractivity contribution in [2.24, 2.45) is 0 Å². The highest BCUT2D eigenvalue weighted by Crippen LogP contribution is 2.37. The number of hydrogen-bond donors (Lipinski definition) is 2. The molecule has 4 aromatic carbocycles. The molecular formula is C28H24BrNO3. The molecule has 4 rings (SSSR count). The second-order valence-electron chi connectivity index (χ2n) is 7.65. The molecule has 0 aliphatic rings. The van der Waals surface area contributed by atoms with Gasteiger partial charge in [-0.05, 0) is 41.0 Å². The first-order chi connectivity index (χ1) is 16.1. The third-order valence-corrected chi connectivity index (χ3v) is 6.07. The summed E-state index contributed by atoms with van der Waals surface area (Å²) in [4.78, 5) is 12.4. The van der Waals surface area contributed by atoms with Crippen molar-refractivity contribution < 1.29 is 14.6 Å². The molecule has 0 saturated heterocycles. The average Bonchev–Trinajstić information content (AvgIpc) is 2.87. The van der Waals surface area contributed by atoms with Gasteiger partial charge in [-0.15, -0.1) is 0 Å². The molecular weight excluding hydrogens is 478 g/mol. The lowest BCUT2D eigenvalue weighted by molar-refractivity contribution is -0.140. The molecule has 0 amide bonds. The van der Waals surface area contributed by atoms with E-state index in [9.17, 15) is 9.90 Å². The van der Waals surface area contributed by atoms with Gasteiger partial charge in [0.05, 0.1) is 5.54 Å². The molecule has 0 unspecified atom stereocenters. The maximum atomic E-state index is 12.4. The van der Waals surface area contributed by atoms with E-state index >= 15 is 0 Å². The van der Waals surface area contributed by atoms with Crippen LogP contribution in [0, 0.1) is 0 Å². The van der Waals surface area contributed by atoms with Crippen molar-refractivity contribution in [3.05, 3.63) is 136 Å². The normalized spacial score (nSPS) is 12.2. The van der Waals surface area contributed by atoms with Crippen molar-refractivity contribution >= 4 is 21.9 Å². The first kappa shape index (κ1) is 22.8. The Balaban J connectivity index is 1.79. The molecule has 1 atom stereocenters. The van der Waals surface area contributed by atoms with Crippen molar-refractivity contribution in [1.82, 2.24) is 5.32 Å². The van der Waals surface area contributed by atoms with Crippen molar-refractivity contribution in [2.45, 2.75) is 11.6 Å². The van der Waals surface area contributed by atoms with E-state index in [1.54, 1.807) is 0 Å². The van der Waals surface area contributed by atoms with Crippen molar-refractivity contribution in [3.8, 4) is 5.75 Å². The Labute approximate surface area is 202 Å². The fraction of sp³-hybridized carbons (Fsp3) is 0.107. The molecule has 4 aromatic rings. The predicted octanol–water partition coefficient (Wildman–Crippen LogP) is 5.86. The average molecular weight is 502 g/mol. The molecule has 2 N–H and O–H groups in total. The van der Waals surface area contributed by atoms with Gasteiger partial charge in [-0.3, -0.25) is 10.1 Å². The molecule has 0 aliphatic heterocycles. The third-order valence-electron chi connectivity index (χ3n) is 5.54. The van der Waals surface area contributed by atoms with Crippen LogP contribution >= 0.6 is 15.9 Å². The number of rotatable bonds is 9. The van der Waals surface area contributed by atoms with E-state index in [1.807, 2.05) is 115 Å². The Hall–Kier alpha value is -3.41. The molecule has 0 bridgehead atoms. The van der Waals surface area contributed by atoms with Crippen LogP contribution in [-0.4, -0.2) is 23.7 Å². The molecule has 0 heterocycles. The number of carboxylic acid groups (broad SMARTS) is 1. The lowest BCUT2D eigenvalue weighted by Gasteiger charge is -2.39. The van der Waals surface area contributed by atoms with Gasteiger partial charge in [0.15, 0.2) is 0 Å². The third kappa shape index (κ3) is 5.16. The summed E-state index contributed by atoms with van der Waals surface area (Å²) in [7, 11) is 0. The van der Waals surface area contributed by atoms with Gasteiger partial charge in [0.25, 0.3) is 0 Å². The Morgan fingerprint density at radius 3 is 1.58 bits per heavy atom. The zero-order chi connectivity index (χ0) is 23.1. The van der Waals surface area contributed by atoms with Crippen LogP contribution in [0.2, 0.25) is 0 Å². The minimum atomic E-state index is -0.987. The van der Waals surface area contributed by atoms with Crippen LogP contribution in [0.25, 0.3) is 0 Å². The first-order valence-electron chi connectivity index (χ1n) is 10.6. The largest absolute Gasteiger partial charge is 0.491 e. The van der Waals surface area contributed by atoms with Crippen molar-refractivity contribution in [2.75, 3.05) is 6.61 Å². The van der Waals surface area contributed by atoms with Gasteiger partial charge in [-0.2, -0.15) is 0 Å². The maximum absolute atomic E-state index is 12.4. The lowest BCUT2D eigenvalue weighted by atomic mass is 9.76. The number of nitrogens with one attached hydrogen (secondary N) is 1. The van der Waals surface area contributed by atoms with Crippen LogP contribution in [0.1, 0.15) is 16.7 Å². The monoisotopic (exact) mass is 501 g/mol. The van der Waals surface area contributed by atoms with E-state index < -0.39 is 17.6 Å². The minimum absolute atomic E-state index is 0.0365. The lowest BCUT2D eigenvalue weighted by Crippen LogP contribution is -2.54. The van der Waals surface area contributed by atoms with Gasteiger partial charge >= 0.3 is 5.97 Å². The molecule has 33 heavy (non-hydrogen) atoms. The van der Waals surface area contributed by atoms with Gasteiger partial charge in [0.1, 0.15) is 18.4 Å². The smallest absolute Gasteiger partial charge is 0.324 e. The predicted molar refractivity (Wildman–Crippen MR) is 133 cm³/mol. The van der Waals surface area contributed by atoms with Crippen molar-refractivity contribution in [3.63, 3.8) is 0 Å². The zero-order valence-corrected chi connectivity index (χ0v) is 19.5. The summed E-state index contributed by atoms with van der Waals surface area (Å²) in [6, 6.07) is 36.1. The molecule has 0 aromatic heterocycles. The summed E-state index contributed by atoms with van der Waals surface area (Å²) in [6.45, 7) is -0.0365. The van der Waals surface area contributed by atoms with Crippen LogP contribution in [0.15, 0.2) is 120 Å². The van der Waals surface area contributed by atoms with E-state index in [4.69, 9.17) is 4.74 Å². The van der Waals surface area contributed by atoms with Crippen LogP contribution in [0.5, 0.6) is 5.75 Å². The van der Waals surface area contributed by atoms with Gasteiger partial charge < -0.3 is 9.84 Å². The zero-order valence-electron chi connectivity index (χ0n) is 17.9. The number of hydrogen-bond acceptors (Lipinski definition) is 3. The molecule has 0 fully saturated rings. The number of benzene rings is 4. The van der Waals surface area contributed by atoms with E-state index in [0.29, 0.717) is 5.75 Å². The molecule has 4 nitrogen and oxygen atoms in total. The Kier molecular flexibility index (Phi) is 7.23. The highest BCUT2D eigenvalue weighted by atomic mass is 79.9. The van der Waals surface area contributed by atoms with Gasteiger partial charge in [0.2, 0.25) is 0 Å². The summed E-state index contributed by atoms with van der Waals surface area (Å²) in [5, 5.41) is 13.6. The SMILES string of the molecule is O=C(O)[C@H](COc1ccc(Br)cc1)NC(c1ccccc1)(c1ccccc1)c1ccccc1. The molecule has 166 valence electrons. The summed E-state index contributed by atoms with van der Waals surface area (Å²) in [6.07, 6.45) is 0. The molecule has 0 aliphatic carbocycles. The second kappa shape index (κ2) is 10.5. The highest BCUT2D eigenvalue weighted by Gasteiger charge is 2.40. The molecule has 0 saturated carbocycles. The number of ether oxygens (including phenoxy) is 1. The summed E-state index contributed by atoms with van der Waals surface area (Å²) >= 11 is 3.40. The van der Waals surface area contributed by atoms with Crippen LogP contribution in [0.4, 0.5) is 0 Å². The van der Waals surface area contributed by atoms with Crippen LogP contribution < -0.4 is 10.1 Å². The van der Waals surface area contributed by atoms with Gasteiger partial charge in [-0.25, -0.2) is 0 Å². The second-order valence-corrected chi connectivity index (χ2v) is 8.56. The topological polar surface area (TPSA) is 58.6 Å². The fourth-order valence-electron chi connectivity index (χ4n) is 3.96. The molecule has 5 heteroatoms. The summed E-state index contributed by atoms with van der Waals surface area (Å²) in [5.41, 5.74) is 1.93. The Morgan fingerprint density at radius 2 is 1.18 bits per heavy atom. The van der Waals surface area contributed by atoms with Crippen LogP contribution in [-0.2, 0) is 10.3 Å². The van der Waals surface area contributed by atoms with Gasteiger partial charge in [0, 0.05) is 4.47 Å². The summed E-state index contributed by atoms with van der Waals surface area (Å²) in [5.74, 6) is -0.379. The van der Waals surface area contributed by atoms with E-state index in [-0.39, 0.29) is 6.61 Å². The van der Waals surface area contributed by atoms with Crippen molar-refractivity contribution in [1.29, 1.82) is 0 Å². The number of aliphatic carboxylic acids is 1. The van der Waals surface area contributed by atoms with E-state index in [1.165, 1.54) is 0 Å². The maximum Gasteiger partial charge on any atom is 0.324 e. The number of carboxylic acids is 1.